The van der Waals surface area contributed by atoms with E-state index in [0.717, 1.165) is 17.1 Å². The first kappa shape index (κ1) is 22.1. The Morgan fingerprint density at radius 1 is 0.759 bits per heavy atom. The zero-order chi connectivity index (χ0) is 21.4. The number of Topliss-reactive ketones (excluding diaryl/α,β-unsaturated/α-hetero) is 2. The first-order valence-corrected chi connectivity index (χ1v) is 9.41. The van der Waals surface area contributed by atoms with Crippen LogP contribution in [0.4, 0.5) is 0 Å². The Labute approximate surface area is 166 Å². The van der Waals surface area contributed by atoms with E-state index < -0.39 is 29.6 Å². The van der Waals surface area contributed by atoms with Crippen molar-refractivity contribution in [1.82, 2.24) is 9.96 Å². The number of rotatable bonds is 12. The topological polar surface area (TPSA) is 135 Å². The third-order valence-electron chi connectivity index (χ3n) is 4.46. The minimum Gasteiger partial charge on any atom is -0.330 e. The van der Waals surface area contributed by atoms with E-state index in [0.29, 0.717) is 11.5 Å². The second-order valence-corrected chi connectivity index (χ2v) is 6.74. The third-order valence-corrected chi connectivity index (χ3v) is 4.46. The smallest absolute Gasteiger partial charge is 0.330 e. The molecule has 2 aliphatic rings. The van der Waals surface area contributed by atoms with Gasteiger partial charge in [0.05, 0.1) is 0 Å². The largest absolute Gasteiger partial charge is 0.333 e. The van der Waals surface area contributed by atoms with Crippen molar-refractivity contribution in [2.24, 2.45) is 0 Å². The standard InChI is InChI=1S/C19H22N2O8/c22-13(5-2-6-19(28)29-21-17(26)9-10-18(21)27)3-1-4-14(23)11-12-20-15(24)7-8-16(20)25/h7-8H,1-6,9-12H2. The summed E-state index contributed by atoms with van der Waals surface area (Å²) in [5.74, 6) is -3.00. The van der Waals surface area contributed by atoms with Gasteiger partial charge in [0.25, 0.3) is 23.6 Å². The van der Waals surface area contributed by atoms with Gasteiger partial charge in [-0.05, 0) is 12.8 Å². The summed E-state index contributed by atoms with van der Waals surface area (Å²) in [6.07, 6.45) is 3.31. The molecule has 1 fully saturated rings. The Morgan fingerprint density at radius 3 is 1.79 bits per heavy atom. The summed E-state index contributed by atoms with van der Waals surface area (Å²) in [4.78, 5) is 86.4. The van der Waals surface area contributed by atoms with Crippen molar-refractivity contribution in [2.75, 3.05) is 6.54 Å². The first-order chi connectivity index (χ1) is 13.8. The van der Waals surface area contributed by atoms with Gasteiger partial charge in [-0.2, -0.15) is 0 Å². The van der Waals surface area contributed by atoms with E-state index in [-0.39, 0.29) is 69.5 Å². The Kier molecular flexibility index (Phi) is 7.93. The molecule has 0 unspecified atom stereocenters. The quantitative estimate of drug-likeness (QED) is 0.425. The molecule has 29 heavy (non-hydrogen) atoms. The van der Waals surface area contributed by atoms with E-state index in [9.17, 15) is 33.6 Å². The van der Waals surface area contributed by atoms with Crippen molar-refractivity contribution in [3.05, 3.63) is 12.2 Å². The Bertz CT molecular complexity index is 736. The number of hydrogen-bond donors (Lipinski definition) is 0. The van der Waals surface area contributed by atoms with Gasteiger partial charge in [-0.25, -0.2) is 4.79 Å². The molecule has 1 saturated heterocycles. The van der Waals surface area contributed by atoms with Gasteiger partial charge in [0.1, 0.15) is 11.6 Å². The molecule has 2 rings (SSSR count). The molecule has 0 N–H and O–H groups in total. The van der Waals surface area contributed by atoms with Gasteiger partial charge in [0.2, 0.25) is 0 Å². The molecule has 0 bridgehead atoms. The number of hydrogen-bond acceptors (Lipinski definition) is 8. The van der Waals surface area contributed by atoms with E-state index in [4.69, 9.17) is 4.84 Å². The van der Waals surface area contributed by atoms with E-state index in [1.165, 1.54) is 0 Å². The highest BCUT2D eigenvalue weighted by molar-refractivity contribution is 6.13. The highest BCUT2D eigenvalue weighted by Crippen LogP contribution is 2.14. The van der Waals surface area contributed by atoms with Crippen molar-refractivity contribution < 1.29 is 38.4 Å². The zero-order valence-electron chi connectivity index (χ0n) is 15.9. The van der Waals surface area contributed by atoms with Crippen LogP contribution < -0.4 is 0 Å². The fourth-order valence-corrected chi connectivity index (χ4v) is 2.86. The van der Waals surface area contributed by atoms with Gasteiger partial charge in [0.15, 0.2) is 0 Å². The molecule has 2 aliphatic heterocycles. The molecule has 0 saturated carbocycles. The summed E-state index contributed by atoms with van der Waals surface area (Å²) in [6.45, 7) is 0.0293. The van der Waals surface area contributed by atoms with Crippen molar-refractivity contribution in [2.45, 2.75) is 57.8 Å². The van der Waals surface area contributed by atoms with Crippen LogP contribution in [0.15, 0.2) is 12.2 Å². The van der Waals surface area contributed by atoms with Gasteiger partial charge in [-0.1, -0.05) is 0 Å². The molecule has 0 aromatic rings. The molecule has 0 radical (unpaired) electrons. The minimum atomic E-state index is -0.753. The van der Waals surface area contributed by atoms with Crippen molar-refractivity contribution in [3.63, 3.8) is 0 Å². The molecule has 0 atom stereocenters. The fraction of sp³-hybridized carbons (Fsp3) is 0.526. The molecule has 10 heteroatoms. The molecule has 4 amide bonds. The first-order valence-electron chi connectivity index (χ1n) is 9.41. The number of ketones is 2. The van der Waals surface area contributed by atoms with Crippen LogP contribution in [0.5, 0.6) is 0 Å². The summed E-state index contributed by atoms with van der Waals surface area (Å²) in [5.41, 5.74) is 0. The van der Waals surface area contributed by atoms with Crippen LogP contribution in [-0.4, -0.2) is 57.7 Å². The van der Waals surface area contributed by atoms with Gasteiger partial charge in [0, 0.05) is 63.6 Å². The molecule has 0 spiro atoms. The van der Waals surface area contributed by atoms with Crippen LogP contribution in [-0.2, 0) is 38.4 Å². The van der Waals surface area contributed by atoms with E-state index in [2.05, 4.69) is 0 Å². The van der Waals surface area contributed by atoms with Crippen molar-refractivity contribution in [1.29, 1.82) is 0 Å². The maximum Gasteiger partial charge on any atom is 0.333 e. The zero-order valence-corrected chi connectivity index (χ0v) is 15.9. The van der Waals surface area contributed by atoms with Crippen LogP contribution in [0, 0.1) is 0 Å². The Hall–Kier alpha value is -3.17. The van der Waals surface area contributed by atoms with Gasteiger partial charge in [-0.15, -0.1) is 5.06 Å². The van der Waals surface area contributed by atoms with E-state index in [1.54, 1.807) is 0 Å². The predicted molar refractivity (Wildman–Crippen MR) is 95.4 cm³/mol. The maximum atomic E-state index is 11.8. The lowest BCUT2D eigenvalue weighted by atomic mass is 10.1. The number of carbonyl (C=O) groups excluding carboxylic acids is 7. The summed E-state index contributed by atoms with van der Waals surface area (Å²) in [7, 11) is 0. The molecular formula is C19H22N2O8. The molecule has 10 nitrogen and oxygen atoms in total. The normalized spacial score (nSPS) is 16.1. The van der Waals surface area contributed by atoms with Crippen LogP contribution in [0.2, 0.25) is 0 Å². The summed E-state index contributed by atoms with van der Waals surface area (Å²) in [5, 5.41) is 0.467. The summed E-state index contributed by atoms with van der Waals surface area (Å²) >= 11 is 0. The van der Waals surface area contributed by atoms with Crippen LogP contribution in [0.3, 0.4) is 0 Å². The average Bonchev–Trinajstić information content (AvgIpc) is 3.15. The van der Waals surface area contributed by atoms with Crippen LogP contribution in [0.25, 0.3) is 0 Å². The number of hydroxylamine groups is 2. The van der Waals surface area contributed by atoms with Crippen molar-refractivity contribution >= 4 is 41.2 Å². The highest BCUT2D eigenvalue weighted by atomic mass is 16.7. The third kappa shape index (κ3) is 6.74. The second-order valence-electron chi connectivity index (χ2n) is 6.74. The number of imide groups is 2. The Morgan fingerprint density at radius 2 is 1.24 bits per heavy atom. The molecule has 0 aliphatic carbocycles. The lowest BCUT2D eigenvalue weighted by Gasteiger charge is -2.12. The number of amides is 4. The Balaban J connectivity index is 1.53. The fourth-order valence-electron chi connectivity index (χ4n) is 2.86. The molecule has 2 heterocycles. The predicted octanol–water partition coefficient (Wildman–Crippen LogP) is 0.387. The lowest BCUT2D eigenvalue weighted by molar-refractivity contribution is -0.197. The van der Waals surface area contributed by atoms with Crippen LogP contribution in [0.1, 0.15) is 57.8 Å². The molecule has 0 aromatic heterocycles. The average molecular weight is 406 g/mol. The SMILES string of the molecule is O=C(CCCC(=O)CCN1C(=O)C=CC1=O)CCCC(=O)ON1C(=O)CCC1=O. The van der Waals surface area contributed by atoms with Crippen LogP contribution >= 0.6 is 0 Å². The number of carbonyl (C=O) groups is 7. The monoisotopic (exact) mass is 406 g/mol. The van der Waals surface area contributed by atoms with Gasteiger partial charge in [-0.3, -0.25) is 33.7 Å². The van der Waals surface area contributed by atoms with E-state index >= 15 is 0 Å². The van der Waals surface area contributed by atoms with Gasteiger partial charge >= 0.3 is 5.97 Å². The number of nitrogens with zero attached hydrogens (tertiary/aromatic N) is 2. The second kappa shape index (κ2) is 10.4. The van der Waals surface area contributed by atoms with E-state index in [1.807, 2.05) is 0 Å². The molecular weight excluding hydrogens is 384 g/mol. The minimum absolute atomic E-state index is 0.0187. The molecule has 0 aromatic carbocycles. The summed E-state index contributed by atoms with van der Waals surface area (Å²) in [6, 6.07) is 0. The highest BCUT2D eigenvalue weighted by Gasteiger charge is 2.32. The maximum absolute atomic E-state index is 11.8. The molecule has 156 valence electrons. The lowest BCUT2D eigenvalue weighted by Crippen LogP contribution is -2.32. The summed E-state index contributed by atoms with van der Waals surface area (Å²) < 4.78 is 0. The van der Waals surface area contributed by atoms with Gasteiger partial charge < -0.3 is 4.84 Å². The van der Waals surface area contributed by atoms with Crippen molar-refractivity contribution in [3.8, 4) is 0 Å².